The molecule has 2 N–H and O–H groups in total. The third kappa shape index (κ3) is 4.48. The smallest absolute Gasteiger partial charge is 0.328 e. The van der Waals surface area contributed by atoms with Crippen molar-refractivity contribution in [2.75, 3.05) is 31.6 Å². The summed E-state index contributed by atoms with van der Waals surface area (Å²) in [5, 5.41) is 13.4. The van der Waals surface area contributed by atoms with Gasteiger partial charge < -0.3 is 15.2 Å². The molecular formula is C21H26N4O3. The van der Waals surface area contributed by atoms with Crippen LogP contribution >= 0.6 is 0 Å². The molecule has 1 aromatic carbocycles. The van der Waals surface area contributed by atoms with Crippen molar-refractivity contribution in [3.8, 4) is 0 Å². The van der Waals surface area contributed by atoms with Gasteiger partial charge in [0.25, 0.3) is 0 Å². The normalized spacial score (nSPS) is 23.9. The molecule has 0 radical (unpaired) electrons. The van der Waals surface area contributed by atoms with E-state index in [1.165, 1.54) is 12.8 Å². The highest BCUT2D eigenvalue weighted by atomic mass is 16.5. The molecule has 1 aliphatic heterocycles. The molecule has 7 heteroatoms. The maximum atomic E-state index is 10.8. The van der Waals surface area contributed by atoms with Crippen molar-refractivity contribution in [1.82, 2.24) is 14.9 Å². The van der Waals surface area contributed by atoms with Crippen LogP contribution in [0.1, 0.15) is 31.2 Å². The molecule has 148 valence electrons. The number of carboxylic acid groups (broad SMARTS) is 1. The largest absolute Gasteiger partial charge is 0.478 e. The minimum Gasteiger partial charge on any atom is -0.478 e. The Kier molecular flexibility index (Phi) is 5.83. The molecule has 7 nitrogen and oxygen atoms in total. The molecule has 0 spiro atoms. The number of carboxylic acids is 1. The van der Waals surface area contributed by atoms with E-state index in [2.05, 4.69) is 20.2 Å². The van der Waals surface area contributed by atoms with E-state index in [1.54, 1.807) is 12.4 Å². The van der Waals surface area contributed by atoms with E-state index in [4.69, 9.17) is 9.84 Å². The van der Waals surface area contributed by atoms with Crippen LogP contribution in [0.2, 0.25) is 0 Å². The lowest BCUT2D eigenvalue weighted by Gasteiger charge is -2.39. The van der Waals surface area contributed by atoms with Crippen LogP contribution in [-0.2, 0) is 9.53 Å². The number of rotatable bonds is 5. The second-order valence-corrected chi connectivity index (χ2v) is 7.47. The lowest BCUT2D eigenvalue weighted by Crippen LogP contribution is -2.46. The molecule has 1 saturated carbocycles. The zero-order valence-corrected chi connectivity index (χ0v) is 15.9. The first-order valence-electron chi connectivity index (χ1n) is 9.93. The highest BCUT2D eigenvalue weighted by molar-refractivity contribution is 5.92. The maximum Gasteiger partial charge on any atom is 0.328 e. The van der Waals surface area contributed by atoms with Crippen molar-refractivity contribution in [3.63, 3.8) is 0 Å². The molecule has 2 aromatic rings. The second kappa shape index (κ2) is 8.67. The van der Waals surface area contributed by atoms with Crippen LogP contribution in [-0.4, -0.2) is 64.3 Å². The molecular weight excluding hydrogens is 356 g/mol. The quantitative estimate of drug-likeness (QED) is 0.769. The molecule has 2 heterocycles. The number of ether oxygens (including phenoxy) is 1. The van der Waals surface area contributed by atoms with Crippen LogP contribution in [0.15, 0.2) is 30.6 Å². The number of benzene rings is 1. The van der Waals surface area contributed by atoms with Gasteiger partial charge in [0.1, 0.15) is 12.1 Å². The fraction of sp³-hybridized carbons (Fsp3) is 0.476. The molecule has 0 bridgehead atoms. The number of morpholine rings is 1. The van der Waals surface area contributed by atoms with Crippen LogP contribution in [0.25, 0.3) is 17.0 Å². The van der Waals surface area contributed by atoms with Crippen LogP contribution < -0.4 is 5.32 Å². The minimum absolute atomic E-state index is 0.397. The van der Waals surface area contributed by atoms with Crippen LogP contribution in [0.4, 0.5) is 5.82 Å². The van der Waals surface area contributed by atoms with Gasteiger partial charge in [-0.05, 0) is 49.5 Å². The number of aromatic nitrogens is 2. The Morgan fingerprint density at radius 2 is 1.96 bits per heavy atom. The SMILES string of the molecule is O=C(O)/C=C/c1ccc2ncnc(NC3CCC(N4CCOCC4)CC3)c2c1. The first-order valence-corrected chi connectivity index (χ1v) is 9.93. The van der Waals surface area contributed by atoms with E-state index >= 15 is 0 Å². The lowest BCUT2D eigenvalue weighted by atomic mass is 9.90. The Morgan fingerprint density at radius 1 is 1.18 bits per heavy atom. The molecule has 1 aromatic heterocycles. The Bertz CT molecular complexity index is 856. The van der Waals surface area contributed by atoms with Crippen molar-refractivity contribution in [3.05, 3.63) is 36.2 Å². The van der Waals surface area contributed by atoms with Crippen molar-refractivity contribution in [2.45, 2.75) is 37.8 Å². The van der Waals surface area contributed by atoms with Crippen molar-refractivity contribution in [1.29, 1.82) is 0 Å². The summed E-state index contributed by atoms with van der Waals surface area (Å²) >= 11 is 0. The van der Waals surface area contributed by atoms with Gasteiger partial charge in [-0.15, -0.1) is 0 Å². The van der Waals surface area contributed by atoms with E-state index in [0.29, 0.717) is 12.1 Å². The zero-order valence-electron chi connectivity index (χ0n) is 15.9. The molecule has 0 amide bonds. The van der Waals surface area contributed by atoms with Crippen LogP contribution in [0.3, 0.4) is 0 Å². The Hall–Kier alpha value is -2.51. The summed E-state index contributed by atoms with van der Waals surface area (Å²) in [4.78, 5) is 22.1. The Morgan fingerprint density at radius 3 is 2.71 bits per heavy atom. The van der Waals surface area contributed by atoms with E-state index in [0.717, 1.165) is 67.5 Å². The number of hydrogen-bond donors (Lipinski definition) is 2. The van der Waals surface area contributed by atoms with Gasteiger partial charge in [-0.1, -0.05) is 6.07 Å². The summed E-state index contributed by atoms with van der Waals surface area (Å²) < 4.78 is 5.47. The predicted molar refractivity (Wildman–Crippen MR) is 108 cm³/mol. The summed E-state index contributed by atoms with van der Waals surface area (Å²) in [6.45, 7) is 3.80. The van der Waals surface area contributed by atoms with Crippen molar-refractivity contribution >= 4 is 28.8 Å². The van der Waals surface area contributed by atoms with Gasteiger partial charge in [-0.25, -0.2) is 14.8 Å². The van der Waals surface area contributed by atoms with E-state index in [-0.39, 0.29) is 0 Å². The highest BCUT2D eigenvalue weighted by Crippen LogP contribution is 2.28. The molecule has 4 rings (SSSR count). The van der Waals surface area contributed by atoms with Gasteiger partial charge in [0, 0.05) is 36.6 Å². The monoisotopic (exact) mass is 382 g/mol. The Balaban J connectivity index is 1.44. The lowest BCUT2D eigenvalue weighted by molar-refractivity contribution is -0.131. The first kappa shape index (κ1) is 18.8. The average molecular weight is 382 g/mol. The summed E-state index contributed by atoms with van der Waals surface area (Å²) in [6.07, 6.45) is 8.92. The number of aliphatic carboxylic acids is 1. The third-order valence-electron chi connectivity index (χ3n) is 5.68. The van der Waals surface area contributed by atoms with E-state index in [1.807, 2.05) is 18.2 Å². The van der Waals surface area contributed by atoms with E-state index < -0.39 is 5.97 Å². The summed E-state index contributed by atoms with van der Waals surface area (Å²) in [7, 11) is 0. The number of fused-ring (bicyclic) bond motifs is 1. The van der Waals surface area contributed by atoms with Crippen LogP contribution in [0, 0.1) is 0 Å². The van der Waals surface area contributed by atoms with Crippen molar-refractivity contribution in [2.24, 2.45) is 0 Å². The number of nitrogens with one attached hydrogen (secondary N) is 1. The van der Waals surface area contributed by atoms with Gasteiger partial charge in [0.15, 0.2) is 0 Å². The molecule has 2 aliphatic rings. The Labute approximate surface area is 164 Å². The summed E-state index contributed by atoms with van der Waals surface area (Å²) in [5.41, 5.74) is 1.68. The topological polar surface area (TPSA) is 87.6 Å². The molecule has 28 heavy (non-hydrogen) atoms. The van der Waals surface area contributed by atoms with Crippen molar-refractivity contribution < 1.29 is 14.6 Å². The zero-order chi connectivity index (χ0) is 19.3. The molecule has 0 unspecified atom stereocenters. The highest BCUT2D eigenvalue weighted by Gasteiger charge is 2.27. The molecule has 1 aliphatic carbocycles. The van der Waals surface area contributed by atoms with Gasteiger partial charge in [-0.2, -0.15) is 0 Å². The van der Waals surface area contributed by atoms with Gasteiger partial charge in [0.2, 0.25) is 0 Å². The van der Waals surface area contributed by atoms with Crippen LogP contribution in [0.5, 0.6) is 0 Å². The average Bonchev–Trinajstić information content (AvgIpc) is 2.74. The number of nitrogens with zero attached hydrogens (tertiary/aromatic N) is 3. The molecule has 0 atom stereocenters. The number of carbonyl (C=O) groups is 1. The summed E-state index contributed by atoms with van der Waals surface area (Å²) in [6, 6.07) is 6.77. The van der Waals surface area contributed by atoms with Gasteiger partial charge in [-0.3, -0.25) is 4.90 Å². The van der Waals surface area contributed by atoms with Gasteiger partial charge in [0.05, 0.1) is 18.7 Å². The number of anilines is 1. The summed E-state index contributed by atoms with van der Waals surface area (Å²) in [5.74, 6) is -0.134. The fourth-order valence-corrected chi connectivity index (χ4v) is 4.18. The fourth-order valence-electron chi connectivity index (χ4n) is 4.18. The molecule has 2 fully saturated rings. The second-order valence-electron chi connectivity index (χ2n) is 7.47. The van der Waals surface area contributed by atoms with Gasteiger partial charge >= 0.3 is 5.97 Å². The maximum absolute atomic E-state index is 10.8. The third-order valence-corrected chi connectivity index (χ3v) is 5.68. The standard InChI is InChI=1S/C21H26N4O3/c26-20(27)8-2-15-1-7-19-18(13-15)21(23-14-22-19)24-16-3-5-17(6-4-16)25-9-11-28-12-10-25/h1-2,7-8,13-14,16-17H,3-6,9-12H2,(H,26,27)(H,22,23,24)/b8-2+. The molecule has 1 saturated heterocycles. The number of hydrogen-bond acceptors (Lipinski definition) is 6. The van der Waals surface area contributed by atoms with E-state index in [9.17, 15) is 4.79 Å². The predicted octanol–water partition coefficient (Wildman–Crippen LogP) is 2.78. The minimum atomic E-state index is -0.959. The first-order chi connectivity index (χ1) is 13.7.